The highest BCUT2D eigenvalue weighted by Gasteiger charge is 2.23. The second-order valence-corrected chi connectivity index (χ2v) is 6.46. The number of urea groups is 1. The summed E-state index contributed by atoms with van der Waals surface area (Å²) in [5.74, 6) is 1.92. The summed E-state index contributed by atoms with van der Waals surface area (Å²) < 4.78 is 7.32. The zero-order valence-electron chi connectivity index (χ0n) is 13.9. The number of carbonyl (C=O) groups excluding carboxylic acids is 1. The molecule has 1 fully saturated rings. The Morgan fingerprint density at radius 3 is 3.09 bits per heavy atom. The first-order valence-corrected chi connectivity index (χ1v) is 8.12. The normalized spacial score (nSPS) is 18.7. The second-order valence-electron chi connectivity index (χ2n) is 6.46. The summed E-state index contributed by atoms with van der Waals surface area (Å²) in [5, 5.41) is 2.99. The lowest BCUT2D eigenvalue weighted by molar-refractivity contribution is 0.100. The van der Waals surface area contributed by atoms with Gasteiger partial charge in [-0.2, -0.15) is 0 Å². The number of nitrogens with one attached hydrogen (secondary N) is 1. The molecule has 1 aliphatic rings. The average molecular weight is 308 g/mol. The number of methoxy groups -OCH3 is 1. The Kier molecular flexibility index (Phi) is 6.24. The first kappa shape index (κ1) is 16.8. The largest absolute Gasteiger partial charge is 0.384 e. The number of hydrogen-bond acceptors (Lipinski definition) is 3. The van der Waals surface area contributed by atoms with Crippen molar-refractivity contribution in [1.82, 2.24) is 19.8 Å². The van der Waals surface area contributed by atoms with Gasteiger partial charge < -0.3 is 19.5 Å². The number of amides is 2. The highest BCUT2D eigenvalue weighted by Crippen LogP contribution is 2.16. The fourth-order valence-electron chi connectivity index (χ4n) is 2.95. The zero-order chi connectivity index (χ0) is 15.9. The number of ether oxygens (including phenoxy) is 1. The summed E-state index contributed by atoms with van der Waals surface area (Å²) in [6, 6.07) is -0.0000926. The second kappa shape index (κ2) is 8.17. The third-order valence-corrected chi connectivity index (χ3v) is 3.97. The van der Waals surface area contributed by atoms with Gasteiger partial charge in [-0.15, -0.1) is 0 Å². The van der Waals surface area contributed by atoms with Crippen LogP contribution in [-0.2, 0) is 17.8 Å². The summed E-state index contributed by atoms with van der Waals surface area (Å²) in [6.45, 7) is 8.07. The van der Waals surface area contributed by atoms with Crippen LogP contribution < -0.4 is 5.32 Å². The van der Waals surface area contributed by atoms with Crippen LogP contribution in [-0.4, -0.2) is 47.3 Å². The molecule has 1 N–H and O–H groups in total. The van der Waals surface area contributed by atoms with Crippen LogP contribution in [0.25, 0.3) is 0 Å². The van der Waals surface area contributed by atoms with Gasteiger partial charge in [0, 0.05) is 45.1 Å². The molecule has 2 amide bonds. The summed E-state index contributed by atoms with van der Waals surface area (Å²) in [4.78, 5) is 18.5. The molecule has 0 spiro atoms. The van der Waals surface area contributed by atoms with Crippen molar-refractivity contribution in [2.75, 3.05) is 26.8 Å². The van der Waals surface area contributed by atoms with E-state index in [-0.39, 0.29) is 6.03 Å². The Morgan fingerprint density at radius 1 is 1.55 bits per heavy atom. The molecule has 1 aromatic heterocycles. The number of hydrogen-bond donors (Lipinski definition) is 1. The van der Waals surface area contributed by atoms with E-state index in [1.807, 2.05) is 11.1 Å². The third-order valence-electron chi connectivity index (χ3n) is 3.97. The minimum atomic E-state index is -0.0000926. The van der Waals surface area contributed by atoms with Crippen LogP contribution in [0, 0.1) is 11.8 Å². The van der Waals surface area contributed by atoms with Crippen LogP contribution in [0.3, 0.4) is 0 Å². The molecule has 0 radical (unpaired) electrons. The maximum absolute atomic E-state index is 12.3. The molecule has 6 heteroatoms. The van der Waals surface area contributed by atoms with E-state index >= 15 is 0 Å². The molecule has 6 nitrogen and oxygen atoms in total. The maximum Gasteiger partial charge on any atom is 0.317 e. The highest BCUT2D eigenvalue weighted by molar-refractivity contribution is 5.74. The SMILES string of the molecule is COC[C@H]1CCCN(C(=O)NCc2nccn2CC(C)C)C1. The van der Waals surface area contributed by atoms with Crippen LogP contribution >= 0.6 is 0 Å². The van der Waals surface area contributed by atoms with Crippen molar-refractivity contribution in [3.8, 4) is 0 Å². The van der Waals surface area contributed by atoms with Gasteiger partial charge in [0.2, 0.25) is 0 Å². The van der Waals surface area contributed by atoms with Crippen molar-refractivity contribution in [3.05, 3.63) is 18.2 Å². The molecule has 22 heavy (non-hydrogen) atoms. The first-order chi connectivity index (χ1) is 10.6. The lowest BCUT2D eigenvalue weighted by atomic mass is 9.99. The molecule has 0 bridgehead atoms. The molecule has 0 unspecified atom stereocenters. The van der Waals surface area contributed by atoms with Crippen LogP contribution in [0.4, 0.5) is 4.79 Å². The van der Waals surface area contributed by atoms with E-state index in [0.717, 1.165) is 44.9 Å². The maximum atomic E-state index is 12.3. The van der Waals surface area contributed by atoms with Gasteiger partial charge in [0.25, 0.3) is 0 Å². The van der Waals surface area contributed by atoms with Crippen LogP contribution in [0.5, 0.6) is 0 Å². The third kappa shape index (κ3) is 4.73. The molecule has 0 aliphatic carbocycles. The lowest BCUT2D eigenvalue weighted by Gasteiger charge is -2.32. The zero-order valence-corrected chi connectivity index (χ0v) is 13.9. The topological polar surface area (TPSA) is 59.4 Å². The quantitative estimate of drug-likeness (QED) is 0.875. The minimum absolute atomic E-state index is 0.0000926. The van der Waals surface area contributed by atoms with Crippen LogP contribution in [0.2, 0.25) is 0 Å². The van der Waals surface area contributed by atoms with Crippen molar-refractivity contribution in [3.63, 3.8) is 0 Å². The Balaban J connectivity index is 1.83. The van der Waals surface area contributed by atoms with E-state index in [2.05, 4.69) is 28.7 Å². The highest BCUT2D eigenvalue weighted by atomic mass is 16.5. The first-order valence-electron chi connectivity index (χ1n) is 8.12. The fourth-order valence-corrected chi connectivity index (χ4v) is 2.95. The number of imidazole rings is 1. The van der Waals surface area contributed by atoms with Crippen LogP contribution in [0.1, 0.15) is 32.5 Å². The predicted molar refractivity (Wildman–Crippen MR) is 85.5 cm³/mol. The number of piperidine rings is 1. The number of carbonyl (C=O) groups is 1. The molecule has 1 aromatic rings. The number of nitrogens with zero attached hydrogens (tertiary/aromatic N) is 3. The van der Waals surface area contributed by atoms with Gasteiger partial charge >= 0.3 is 6.03 Å². The van der Waals surface area contributed by atoms with Gasteiger partial charge in [-0.3, -0.25) is 0 Å². The molecular weight excluding hydrogens is 280 g/mol. The van der Waals surface area contributed by atoms with Crippen molar-refractivity contribution >= 4 is 6.03 Å². The summed E-state index contributed by atoms with van der Waals surface area (Å²) in [5.41, 5.74) is 0. The van der Waals surface area contributed by atoms with Gasteiger partial charge in [-0.05, 0) is 18.8 Å². The Hall–Kier alpha value is -1.56. The number of aromatic nitrogens is 2. The van der Waals surface area contributed by atoms with Crippen LogP contribution in [0.15, 0.2) is 12.4 Å². The monoisotopic (exact) mass is 308 g/mol. The van der Waals surface area contributed by atoms with Crippen molar-refractivity contribution in [2.45, 2.75) is 39.8 Å². The molecule has 0 aromatic carbocycles. The Morgan fingerprint density at radius 2 is 2.36 bits per heavy atom. The number of likely N-dealkylation sites (tertiary alicyclic amines) is 1. The molecule has 1 aliphatic heterocycles. The molecule has 124 valence electrons. The Bertz CT molecular complexity index is 470. The van der Waals surface area contributed by atoms with Crippen molar-refractivity contribution < 1.29 is 9.53 Å². The summed E-state index contributed by atoms with van der Waals surface area (Å²) in [7, 11) is 1.72. The van der Waals surface area contributed by atoms with Gasteiger partial charge in [0.1, 0.15) is 5.82 Å². The van der Waals surface area contributed by atoms with Gasteiger partial charge in [0.15, 0.2) is 0 Å². The van der Waals surface area contributed by atoms with Gasteiger partial charge in [0.05, 0.1) is 13.2 Å². The minimum Gasteiger partial charge on any atom is -0.384 e. The van der Waals surface area contributed by atoms with E-state index in [9.17, 15) is 4.79 Å². The van der Waals surface area contributed by atoms with Crippen molar-refractivity contribution in [2.24, 2.45) is 11.8 Å². The summed E-state index contributed by atoms with van der Waals surface area (Å²) in [6.07, 6.45) is 5.94. The molecule has 0 saturated carbocycles. The van der Waals surface area contributed by atoms with E-state index in [1.54, 1.807) is 13.3 Å². The van der Waals surface area contributed by atoms with E-state index < -0.39 is 0 Å². The molecule has 2 rings (SSSR count). The van der Waals surface area contributed by atoms with Gasteiger partial charge in [-0.1, -0.05) is 13.8 Å². The fraction of sp³-hybridized carbons (Fsp3) is 0.750. The predicted octanol–water partition coefficient (Wildman–Crippen LogP) is 2.11. The summed E-state index contributed by atoms with van der Waals surface area (Å²) >= 11 is 0. The molecule has 2 heterocycles. The lowest BCUT2D eigenvalue weighted by Crippen LogP contribution is -2.46. The standard InChI is InChI=1S/C16H28N4O2/c1-13(2)10-19-8-6-17-15(19)9-18-16(21)20-7-4-5-14(11-20)12-22-3/h6,8,13-14H,4-5,7,9-12H2,1-3H3,(H,18,21)/t14-/m0/s1. The smallest absolute Gasteiger partial charge is 0.317 e. The van der Waals surface area contributed by atoms with E-state index in [0.29, 0.717) is 18.4 Å². The average Bonchev–Trinajstić information content (AvgIpc) is 2.92. The molecule has 1 saturated heterocycles. The molecular formula is C16H28N4O2. The van der Waals surface area contributed by atoms with Crippen molar-refractivity contribution in [1.29, 1.82) is 0 Å². The Labute approximate surface area is 132 Å². The molecule has 1 atom stereocenters. The van der Waals surface area contributed by atoms with Gasteiger partial charge in [-0.25, -0.2) is 9.78 Å². The van der Waals surface area contributed by atoms with E-state index in [1.165, 1.54) is 0 Å². The number of rotatable bonds is 6. The van der Waals surface area contributed by atoms with E-state index in [4.69, 9.17) is 4.74 Å².